The van der Waals surface area contributed by atoms with Crippen LogP contribution in [-0.2, 0) is 4.79 Å². The fraction of sp³-hybridized carbons (Fsp3) is 0.111. The monoisotopic (exact) mass is 398 g/mol. The molecule has 0 atom stereocenters. The first kappa shape index (κ1) is 17.5. The summed E-state index contributed by atoms with van der Waals surface area (Å²) in [6.45, 7) is 1.75. The van der Waals surface area contributed by atoms with Crippen molar-refractivity contribution in [3.8, 4) is 5.69 Å². The lowest BCUT2D eigenvalue weighted by Crippen LogP contribution is -2.22. The number of aromatic nitrogens is 3. The maximum absolute atomic E-state index is 12.9. The zero-order chi connectivity index (χ0) is 18.8. The number of rotatable bonds is 5. The Balaban J connectivity index is 1.64. The predicted octanol–water partition coefficient (Wildman–Crippen LogP) is 3.47. The van der Waals surface area contributed by atoms with E-state index in [2.05, 4.69) is 15.5 Å². The molecule has 1 N–H and O–H groups in total. The Kier molecular flexibility index (Phi) is 4.78. The summed E-state index contributed by atoms with van der Waals surface area (Å²) in [5, 5.41) is 8.70. The van der Waals surface area contributed by atoms with Crippen LogP contribution in [0, 0.1) is 6.92 Å². The van der Waals surface area contributed by atoms with Gasteiger partial charge in [-0.25, -0.2) is 4.98 Å². The number of nitrogens with zero attached hydrogens (tertiary/aromatic N) is 3. The van der Waals surface area contributed by atoms with Crippen LogP contribution in [0.2, 0.25) is 0 Å². The summed E-state index contributed by atoms with van der Waals surface area (Å²) >= 11 is 2.55. The van der Waals surface area contributed by atoms with Gasteiger partial charge in [0.05, 0.1) is 17.0 Å². The second-order valence-electron chi connectivity index (χ2n) is 5.67. The second kappa shape index (κ2) is 7.37. The Labute approximate surface area is 162 Å². The molecule has 136 valence electrons. The number of thioether (sulfide) groups is 1. The SMILES string of the molecule is Cc1cc(NC(=O)CSc2nc3ccsc3c(=O)n2-c2ccccc2)no1. The average Bonchev–Trinajstić information content (AvgIpc) is 3.30. The lowest BCUT2D eigenvalue weighted by Gasteiger charge is -2.11. The van der Waals surface area contributed by atoms with E-state index in [1.165, 1.54) is 27.7 Å². The number of carbonyl (C=O) groups is 1. The molecule has 0 fully saturated rings. The number of para-hydroxylation sites is 1. The van der Waals surface area contributed by atoms with Gasteiger partial charge >= 0.3 is 0 Å². The van der Waals surface area contributed by atoms with Gasteiger partial charge < -0.3 is 9.84 Å². The highest BCUT2D eigenvalue weighted by Gasteiger charge is 2.16. The predicted molar refractivity (Wildman–Crippen MR) is 106 cm³/mol. The fourth-order valence-electron chi connectivity index (χ4n) is 2.53. The van der Waals surface area contributed by atoms with Gasteiger partial charge in [-0.3, -0.25) is 14.2 Å². The van der Waals surface area contributed by atoms with E-state index in [9.17, 15) is 9.59 Å². The second-order valence-corrected chi connectivity index (χ2v) is 7.52. The quantitative estimate of drug-likeness (QED) is 0.409. The molecule has 27 heavy (non-hydrogen) atoms. The van der Waals surface area contributed by atoms with Crippen LogP contribution in [-0.4, -0.2) is 26.4 Å². The van der Waals surface area contributed by atoms with E-state index in [4.69, 9.17) is 4.52 Å². The van der Waals surface area contributed by atoms with Crippen molar-refractivity contribution in [3.63, 3.8) is 0 Å². The van der Waals surface area contributed by atoms with E-state index in [0.29, 0.717) is 32.6 Å². The highest BCUT2D eigenvalue weighted by atomic mass is 32.2. The molecule has 4 aromatic rings. The molecule has 0 radical (unpaired) electrons. The molecule has 0 spiro atoms. The zero-order valence-electron chi connectivity index (χ0n) is 14.2. The smallest absolute Gasteiger partial charge is 0.276 e. The maximum atomic E-state index is 12.9. The third-order valence-corrected chi connectivity index (χ3v) is 5.52. The highest BCUT2D eigenvalue weighted by Crippen LogP contribution is 2.23. The molecule has 0 saturated heterocycles. The molecule has 0 unspecified atom stereocenters. The van der Waals surface area contributed by atoms with Gasteiger partial charge in [-0.05, 0) is 30.5 Å². The maximum Gasteiger partial charge on any atom is 0.276 e. The minimum atomic E-state index is -0.257. The van der Waals surface area contributed by atoms with Gasteiger partial charge in [0.1, 0.15) is 10.5 Å². The molecular formula is C18H14N4O3S2. The van der Waals surface area contributed by atoms with Crippen LogP contribution < -0.4 is 10.9 Å². The average molecular weight is 398 g/mol. The summed E-state index contributed by atoms with van der Waals surface area (Å²) in [7, 11) is 0. The van der Waals surface area contributed by atoms with Crippen molar-refractivity contribution in [2.24, 2.45) is 0 Å². The molecule has 3 aromatic heterocycles. The molecule has 0 bridgehead atoms. The van der Waals surface area contributed by atoms with E-state index < -0.39 is 0 Å². The zero-order valence-corrected chi connectivity index (χ0v) is 15.8. The van der Waals surface area contributed by atoms with Gasteiger partial charge in [-0.2, -0.15) is 0 Å². The van der Waals surface area contributed by atoms with E-state index >= 15 is 0 Å². The number of thiophene rings is 1. The molecule has 1 aromatic carbocycles. The number of anilines is 1. The van der Waals surface area contributed by atoms with Crippen LogP contribution in [0.25, 0.3) is 15.9 Å². The Morgan fingerprint density at radius 1 is 1.30 bits per heavy atom. The molecule has 0 aliphatic carbocycles. The van der Waals surface area contributed by atoms with Gasteiger partial charge in [0, 0.05) is 6.07 Å². The van der Waals surface area contributed by atoms with Crippen molar-refractivity contribution in [2.75, 3.05) is 11.1 Å². The standard InChI is InChI=1S/C18H14N4O3S2/c1-11-9-14(21-25-11)20-15(23)10-27-18-19-13-7-8-26-16(13)17(24)22(18)12-5-3-2-4-6-12/h2-9H,10H2,1H3,(H,20,21,23). The number of hydrogen-bond acceptors (Lipinski definition) is 7. The summed E-state index contributed by atoms with van der Waals surface area (Å²) in [6.07, 6.45) is 0. The minimum Gasteiger partial charge on any atom is -0.360 e. The summed E-state index contributed by atoms with van der Waals surface area (Å²) in [5.74, 6) is 0.800. The molecule has 0 aliphatic heterocycles. The highest BCUT2D eigenvalue weighted by molar-refractivity contribution is 7.99. The van der Waals surface area contributed by atoms with Crippen molar-refractivity contribution in [1.29, 1.82) is 0 Å². The number of fused-ring (bicyclic) bond motifs is 1. The minimum absolute atomic E-state index is 0.0842. The Hall–Kier alpha value is -2.91. The van der Waals surface area contributed by atoms with Crippen molar-refractivity contribution >= 4 is 45.0 Å². The topological polar surface area (TPSA) is 90.0 Å². The molecule has 3 heterocycles. The molecule has 0 aliphatic rings. The molecule has 7 nitrogen and oxygen atoms in total. The van der Waals surface area contributed by atoms with Crippen molar-refractivity contribution in [2.45, 2.75) is 12.1 Å². The Bertz CT molecular complexity index is 1160. The summed E-state index contributed by atoms with van der Waals surface area (Å²) in [6, 6.07) is 12.7. The van der Waals surface area contributed by atoms with E-state index in [1.54, 1.807) is 19.1 Å². The van der Waals surface area contributed by atoms with Crippen LogP contribution in [0.15, 0.2) is 62.3 Å². The van der Waals surface area contributed by atoms with Crippen molar-refractivity contribution < 1.29 is 9.32 Å². The summed E-state index contributed by atoms with van der Waals surface area (Å²) < 4.78 is 7.06. The number of hydrogen-bond donors (Lipinski definition) is 1. The number of amides is 1. The van der Waals surface area contributed by atoms with Crippen LogP contribution in [0.3, 0.4) is 0 Å². The molecule has 1 amide bonds. The number of nitrogens with one attached hydrogen (secondary N) is 1. The van der Waals surface area contributed by atoms with Gasteiger partial charge in [-0.1, -0.05) is 35.1 Å². The number of benzene rings is 1. The molecular weight excluding hydrogens is 384 g/mol. The third kappa shape index (κ3) is 3.64. The van der Waals surface area contributed by atoms with Crippen LogP contribution in [0.5, 0.6) is 0 Å². The van der Waals surface area contributed by atoms with E-state index in [-0.39, 0.29) is 17.2 Å². The van der Waals surface area contributed by atoms with E-state index in [0.717, 1.165) is 0 Å². The Morgan fingerprint density at radius 2 is 2.11 bits per heavy atom. The van der Waals surface area contributed by atoms with Crippen molar-refractivity contribution in [3.05, 3.63) is 64.0 Å². The lowest BCUT2D eigenvalue weighted by molar-refractivity contribution is -0.113. The molecule has 0 saturated carbocycles. The Morgan fingerprint density at radius 3 is 2.85 bits per heavy atom. The van der Waals surface area contributed by atoms with Gasteiger partial charge in [0.25, 0.3) is 5.56 Å². The first-order valence-electron chi connectivity index (χ1n) is 8.03. The van der Waals surface area contributed by atoms with Gasteiger partial charge in [-0.15, -0.1) is 11.3 Å². The third-order valence-electron chi connectivity index (χ3n) is 3.69. The van der Waals surface area contributed by atoms with Gasteiger partial charge in [0.15, 0.2) is 11.0 Å². The normalized spacial score (nSPS) is 11.0. The largest absolute Gasteiger partial charge is 0.360 e. The summed E-state index contributed by atoms with van der Waals surface area (Å²) in [4.78, 5) is 29.7. The van der Waals surface area contributed by atoms with Crippen molar-refractivity contribution in [1.82, 2.24) is 14.7 Å². The molecule has 9 heteroatoms. The number of aryl methyl sites for hydroxylation is 1. The number of carbonyl (C=O) groups excluding carboxylic acids is 1. The van der Waals surface area contributed by atoms with Crippen LogP contribution in [0.1, 0.15) is 5.76 Å². The molecule has 4 rings (SSSR count). The van der Waals surface area contributed by atoms with Crippen LogP contribution >= 0.6 is 23.1 Å². The van der Waals surface area contributed by atoms with Gasteiger partial charge in [0.2, 0.25) is 5.91 Å². The summed E-state index contributed by atoms with van der Waals surface area (Å²) in [5.41, 5.74) is 1.20. The fourth-order valence-corrected chi connectivity index (χ4v) is 4.10. The first-order chi connectivity index (χ1) is 13.1. The van der Waals surface area contributed by atoms with Crippen LogP contribution in [0.4, 0.5) is 5.82 Å². The lowest BCUT2D eigenvalue weighted by atomic mass is 10.3. The van der Waals surface area contributed by atoms with E-state index in [1.807, 2.05) is 35.7 Å². The first-order valence-corrected chi connectivity index (χ1v) is 9.90.